The van der Waals surface area contributed by atoms with Gasteiger partial charge < -0.3 is 19.3 Å². The molecule has 0 unspecified atom stereocenters. The average Bonchev–Trinajstić information content (AvgIpc) is 3.59. The monoisotopic (exact) mass is 694 g/mol. The third-order valence-corrected chi connectivity index (χ3v) is 10.1. The molecule has 4 bridgehead atoms. The lowest BCUT2D eigenvalue weighted by molar-refractivity contribution is -0.132. The number of halogens is 2. The molecule has 0 aliphatic heterocycles. The van der Waals surface area contributed by atoms with Gasteiger partial charge in [-0.15, -0.1) is 10.2 Å². The SMILES string of the molecule is CC(C)(C)OC(=O)c1ccc(-n2ccc(OCC34CC(C3)C4)n2)nc1Cl.O=C(O)c1ccc(-n2ccc(OCC34CC(C3)C4)n2)nc1Cl. The molecule has 6 aliphatic rings. The number of carbonyl (C=O) groups excluding carboxylic acids is 1. The van der Waals surface area contributed by atoms with Gasteiger partial charge in [-0.05, 0) is 95.4 Å². The lowest BCUT2D eigenvalue weighted by Gasteiger charge is -2.61. The Bertz CT molecular complexity index is 1850. The molecule has 4 aromatic heterocycles. The Balaban J connectivity index is 0.000000154. The fourth-order valence-corrected chi connectivity index (χ4v) is 7.35. The highest BCUT2D eigenvalue weighted by Gasteiger charge is 2.57. The van der Waals surface area contributed by atoms with Crippen LogP contribution in [0.4, 0.5) is 0 Å². The molecule has 12 nitrogen and oxygen atoms in total. The zero-order chi connectivity index (χ0) is 33.8. The molecule has 0 saturated heterocycles. The van der Waals surface area contributed by atoms with E-state index in [1.807, 2.05) is 6.07 Å². The van der Waals surface area contributed by atoms with E-state index in [2.05, 4.69) is 20.2 Å². The van der Waals surface area contributed by atoms with Crippen LogP contribution in [0.2, 0.25) is 10.3 Å². The minimum Gasteiger partial charge on any atom is -0.478 e. The summed E-state index contributed by atoms with van der Waals surface area (Å²) in [4.78, 5) is 31.4. The maximum absolute atomic E-state index is 12.2. The first-order valence-electron chi connectivity index (χ1n) is 16.0. The number of carbonyl (C=O) groups is 2. The van der Waals surface area contributed by atoms with Crippen LogP contribution in [-0.4, -0.2) is 65.4 Å². The Morgan fingerprint density at radius 3 is 1.56 bits per heavy atom. The number of hydrogen-bond acceptors (Lipinski definition) is 9. The average molecular weight is 696 g/mol. The van der Waals surface area contributed by atoms with Crippen molar-refractivity contribution in [2.75, 3.05) is 13.2 Å². The van der Waals surface area contributed by atoms with Gasteiger partial charge in [-0.2, -0.15) is 0 Å². The molecule has 0 spiro atoms. The number of rotatable bonds is 10. The van der Waals surface area contributed by atoms with Crippen LogP contribution in [0.25, 0.3) is 11.6 Å². The van der Waals surface area contributed by atoms with E-state index in [-0.39, 0.29) is 21.4 Å². The molecular formula is C34H36Cl2N6O6. The summed E-state index contributed by atoms with van der Waals surface area (Å²) in [7, 11) is 0. The predicted molar refractivity (Wildman–Crippen MR) is 175 cm³/mol. The van der Waals surface area contributed by atoms with Crippen molar-refractivity contribution in [3.05, 3.63) is 70.2 Å². The van der Waals surface area contributed by atoms with Crippen LogP contribution in [0.15, 0.2) is 48.8 Å². The van der Waals surface area contributed by atoms with Gasteiger partial charge in [0.2, 0.25) is 11.8 Å². The van der Waals surface area contributed by atoms with Crippen molar-refractivity contribution in [1.82, 2.24) is 29.5 Å². The van der Waals surface area contributed by atoms with Crippen molar-refractivity contribution in [3.8, 4) is 23.4 Å². The van der Waals surface area contributed by atoms with Crippen LogP contribution in [-0.2, 0) is 4.74 Å². The molecule has 0 amide bonds. The first kappa shape index (κ1) is 32.4. The number of aromatic carboxylic acids is 1. The minimum absolute atomic E-state index is 0.0299. The zero-order valence-electron chi connectivity index (χ0n) is 26.9. The molecule has 6 aliphatic carbocycles. The predicted octanol–water partition coefficient (Wildman–Crippen LogP) is 6.85. The first-order chi connectivity index (χ1) is 22.8. The molecule has 4 aromatic rings. The summed E-state index contributed by atoms with van der Waals surface area (Å²) in [6, 6.07) is 9.84. The number of esters is 1. The summed E-state index contributed by atoms with van der Waals surface area (Å²) < 4.78 is 20.0. The number of aromatic nitrogens is 6. The molecule has 0 radical (unpaired) electrons. The summed E-state index contributed by atoms with van der Waals surface area (Å²) in [6.45, 7) is 6.86. The lowest BCUT2D eigenvalue weighted by Crippen LogP contribution is -2.55. The van der Waals surface area contributed by atoms with Crippen LogP contribution in [0, 0.1) is 22.7 Å². The summed E-state index contributed by atoms with van der Waals surface area (Å²) in [5.41, 5.74) is 0.424. The molecule has 0 atom stereocenters. The van der Waals surface area contributed by atoms with Crippen LogP contribution < -0.4 is 9.47 Å². The van der Waals surface area contributed by atoms with Gasteiger partial charge in [0.05, 0.1) is 24.3 Å². The van der Waals surface area contributed by atoms with Crippen molar-refractivity contribution in [1.29, 1.82) is 0 Å². The number of nitrogens with zero attached hydrogens (tertiary/aromatic N) is 6. The highest BCUT2D eigenvalue weighted by molar-refractivity contribution is 6.32. The van der Waals surface area contributed by atoms with Gasteiger partial charge in [-0.1, -0.05) is 23.2 Å². The number of carboxylic acids is 1. The highest BCUT2D eigenvalue weighted by Crippen LogP contribution is 2.64. The standard InChI is InChI=1S/C19H22ClN3O3.C15H14ClN3O3/c1-18(2,3)26-17(24)13-4-5-14(21-16(13)20)23-7-6-15(22-23)25-11-19-8-12(9-19)10-19;16-13-10(14(20)21)1-2-11(17-13)19-4-3-12(18-19)22-8-15-5-9(6-15)7-15/h4-7,12H,8-11H2,1-3H3;1-4,9H,5-8H2,(H,20,21). The smallest absolute Gasteiger partial charge is 0.341 e. The van der Waals surface area contributed by atoms with Crippen molar-refractivity contribution >= 4 is 35.1 Å². The second-order valence-electron chi connectivity index (χ2n) is 14.6. The number of pyridine rings is 2. The van der Waals surface area contributed by atoms with Crippen LogP contribution in [0.5, 0.6) is 11.8 Å². The summed E-state index contributed by atoms with van der Waals surface area (Å²) in [5.74, 6) is 2.36. The van der Waals surface area contributed by atoms with E-state index in [9.17, 15) is 9.59 Å². The van der Waals surface area contributed by atoms with Crippen molar-refractivity contribution in [2.45, 2.75) is 64.9 Å². The van der Waals surface area contributed by atoms with Gasteiger partial charge in [-0.3, -0.25) is 0 Å². The topological polar surface area (TPSA) is 143 Å². The van der Waals surface area contributed by atoms with E-state index in [1.165, 1.54) is 49.3 Å². The Hall–Kier alpha value is -4.16. The van der Waals surface area contributed by atoms with E-state index < -0.39 is 17.5 Å². The van der Waals surface area contributed by atoms with Crippen LogP contribution in [0.1, 0.15) is 80.0 Å². The number of carboxylic acid groups (broad SMARTS) is 1. The quantitative estimate of drug-likeness (QED) is 0.138. The highest BCUT2D eigenvalue weighted by atomic mass is 35.5. The maximum Gasteiger partial charge on any atom is 0.341 e. The van der Waals surface area contributed by atoms with E-state index in [0.29, 0.717) is 40.8 Å². The van der Waals surface area contributed by atoms with Crippen molar-refractivity contribution in [2.24, 2.45) is 22.7 Å². The van der Waals surface area contributed by atoms with E-state index in [1.54, 1.807) is 62.1 Å². The zero-order valence-corrected chi connectivity index (χ0v) is 28.4. The normalized spacial score (nSPS) is 24.4. The van der Waals surface area contributed by atoms with Crippen molar-refractivity contribution < 1.29 is 28.9 Å². The third-order valence-electron chi connectivity index (χ3n) is 9.50. The Morgan fingerprint density at radius 2 is 1.21 bits per heavy atom. The Labute approximate surface area is 287 Å². The second-order valence-corrected chi connectivity index (χ2v) is 15.3. The molecule has 252 valence electrons. The van der Waals surface area contributed by atoms with Crippen LogP contribution in [0.3, 0.4) is 0 Å². The van der Waals surface area contributed by atoms with E-state index in [4.69, 9.17) is 42.5 Å². The summed E-state index contributed by atoms with van der Waals surface area (Å²) in [5, 5.41) is 17.7. The molecule has 6 fully saturated rings. The van der Waals surface area contributed by atoms with Crippen LogP contribution >= 0.6 is 23.2 Å². The fraction of sp³-hybridized carbons (Fsp3) is 0.471. The van der Waals surface area contributed by atoms with Gasteiger partial charge in [0.1, 0.15) is 15.9 Å². The molecule has 14 heteroatoms. The number of ether oxygens (including phenoxy) is 3. The molecular weight excluding hydrogens is 659 g/mol. The summed E-state index contributed by atoms with van der Waals surface area (Å²) in [6.07, 6.45) is 11.2. The fourth-order valence-electron chi connectivity index (χ4n) is 6.90. The van der Waals surface area contributed by atoms with Gasteiger partial charge in [0.15, 0.2) is 11.6 Å². The van der Waals surface area contributed by atoms with Gasteiger partial charge in [0.25, 0.3) is 0 Å². The van der Waals surface area contributed by atoms with Crippen molar-refractivity contribution in [3.63, 3.8) is 0 Å². The lowest BCUT2D eigenvalue weighted by atomic mass is 9.45. The van der Waals surface area contributed by atoms with Gasteiger partial charge >= 0.3 is 11.9 Å². The Kier molecular flexibility index (Phi) is 8.14. The van der Waals surface area contributed by atoms with E-state index >= 15 is 0 Å². The molecule has 1 N–H and O–H groups in total. The third kappa shape index (κ3) is 6.60. The molecule has 48 heavy (non-hydrogen) atoms. The molecule has 10 rings (SSSR count). The minimum atomic E-state index is -1.10. The van der Waals surface area contributed by atoms with Gasteiger partial charge in [0, 0.05) is 35.4 Å². The molecule has 6 saturated carbocycles. The number of hydrogen-bond donors (Lipinski definition) is 1. The first-order valence-corrected chi connectivity index (χ1v) is 16.7. The summed E-state index contributed by atoms with van der Waals surface area (Å²) >= 11 is 12.0. The van der Waals surface area contributed by atoms with E-state index in [0.717, 1.165) is 18.4 Å². The largest absolute Gasteiger partial charge is 0.478 e. The molecule has 0 aromatic carbocycles. The Morgan fingerprint density at radius 1 is 0.771 bits per heavy atom. The maximum atomic E-state index is 12.2. The molecule has 4 heterocycles. The second kappa shape index (κ2) is 12.1. The van der Waals surface area contributed by atoms with Gasteiger partial charge in [-0.25, -0.2) is 28.9 Å².